The van der Waals surface area contributed by atoms with Crippen LogP contribution in [-0.4, -0.2) is 6.10 Å². The number of nitrogens with zero attached hydrogens (tertiary/aromatic N) is 1. The van der Waals surface area contributed by atoms with E-state index >= 15 is 0 Å². The van der Waals surface area contributed by atoms with Crippen LogP contribution in [0.25, 0.3) is 0 Å². The van der Waals surface area contributed by atoms with Crippen LogP contribution in [0.2, 0.25) is 0 Å². The summed E-state index contributed by atoms with van der Waals surface area (Å²) in [6.07, 6.45) is 5.05. The molecule has 1 aromatic carbocycles. The molecule has 0 radical (unpaired) electrons. The first-order chi connectivity index (χ1) is 8.20. The maximum Gasteiger partial charge on any atom is 0.140 e. The van der Waals surface area contributed by atoms with Crippen LogP contribution in [-0.2, 0) is 0 Å². The van der Waals surface area contributed by atoms with E-state index in [1.54, 1.807) is 0 Å². The molecule has 0 amide bonds. The van der Waals surface area contributed by atoms with E-state index in [1.807, 2.05) is 25.1 Å². The van der Waals surface area contributed by atoms with Gasteiger partial charge in [0.2, 0.25) is 0 Å². The summed E-state index contributed by atoms with van der Waals surface area (Å²) >= 11 is 0. The van der Waals surface area contributed by atoms with Gasteiger partial charge < -0.3 is 4.74 Å². The Morgan fingerprint density at radius 2 is 2.18 bits per heavy atom. The van der Waals surface area contributed by atoms with Gasteiger partial charge in [-0.2, -0.15) is 5.26 Å². The number of para-hydroxylation sites is 1. The molecule has 0 saturated heterocycles. The normalized spacial score (nSPS) is 24.1. The van der Waals surface area contributed by atoms with E-state index in [4.69, 9.17) is 10.00 Å². The molecule has 90 valence electrons. The molecule has 2 unspecified atom stereocenters. The largest absolute Gasteiger partial charge is 0.489 e. The standard InChI is InChI=1S/C15H19NO/c1-11-5-3-8-14(9-11)17-15-12(2)6-4-7-13(15)10-16/h4,6-7,11,14H,3,5,8-9H2,1-2H3. The van der Waals surface area contributed by atoms with Crippen molar-refractivity contribution in [2.75, 3.05) is 0 Å². The van der Waals surface area contributed by atoms with Crippen molar-refractivity contribution >= 4 is 0 Å². The zero-order valence-corrected chi connectivity index (χ0v) is 10.6. The van der Waals surface area contributed by atoms with Crippen molar-refractivity contribution in [2.24, 2.45) is 5.92 Å². The van der Waals surface area contributed by atoms with Crippen LogP contribution in [0.4, 0.5) is 0 Å². The molecule has 17 heavy (non-hydrogen) atoms. The predicted molar refractivity (Wildman–Crippen MR) is 67.9 cm³/mol. The Labute approximate surface area is 103 Å². The van der Waals surface area contributed by atoms with E-state index in [2.05, 4.69) is 13.0 Å². The van der Waals surface area contributed by atoms with Crippen LogP contribution >= 0.6 is 0 Å². The van der Waals surface area contributed by atoms with Crippen LogP contribution in [0.1, 0.15) is 43.7 Å². The molecule has 0 aliphatic heterocycles. The lowest BCUT2D eigenvalue weighted by atomic mass is 9.88. The van der Waals surface area contributed by atoms with Crippen LogP contribution in [0, 0.1) is 24.2 Å². The molecule has 0 aromatic heterocycles. The minimum atomic E-state index is 0.284. The first-order valence-electron chi connectivity index (χ1n) is 6.37. The monoisotopic (exact) mass is 229 g/mol. The molecule has 1 aliphatic rings. The Balaban J connectivity index is 2.15. The topological polar surface area (TPSA) is 33.0 Å². The number of hydrogen-bond donors (Lipinski definition) is 0. The highest BCUT2D eigenvalue weighted by Gasteiger charge is 2.21. The van der Waals surface area contributed by atoms with Gasteiger partial charge in [-0.1, -0.05) is 25.5 Å². The molecule has 0 bridgehead atoms. The van der Waals surface area contributed by atoms with Gasteiger partial charge >= 0.3 is 0 Å². The predicted octanol–water partition coefficient (Wildman–Crippen LogP) is 3.82. The van der Waals surface area contributed by atoms with E-state index in [9.17, 15) is 0 Å². The highest BCUT2D eigenvalue weighted by atomic mass is 16.5. The van der Waals surface area contributed by atoms with Crippen molar-refractivity contribution in [2.45, 2.75) is 45.6 Å². The number of aryl methyl sites for hydroxylation is 1. The zero-order chi connectivity index (χ0) is 12.3. The summed E-state index contributed by atoms with van der Waals surface area (Å²) in [5.41, 5.74) is 1.71. The van der Waals surface area contributed by atoms with Gasteiger partial charge in [0, 0.05) is 0 Å². The van der Waals surface area contributed by atoms with Crippen molar-refractivity contribution in [3.63, 3.8) is 0 Å². The average molecular weight is 229 g/mol. The van der Waals surface area contributed by atoms with Crippen LogP contribution in [0.5, 0.6) is 5.75 Å². The Bertz CT molecular complexity index is 433. The summed E-state index contributed by atoms with van der Waals surface area (Å²) in [5, 5.41) is 9.09. The molecule has 2 nitrogen and oxygen atoms in total. The molecule has 1 aliphatic carbocycles. The van der Waals surface area contributed by atoms with Crippen LogP contribution < -0.4 is 4.74 Å². The van der Waals surface area contributed by atoms with Crippen molar-refractivity contribution in [1.82, 2.24) is 0 Å². The van der Waals surface area contributed by atoms with Gasteiger partial charge in [-0.15, -0.1) is 0 Å². The third-order valence-corrected chi connectivity index (χ3v) is 3.51. The lowest BCUT2D eigenvalue weighted by molar-refractivity contribution is 0.128. The molecule has 2 atom stereocenters. The van der Waals surface area contributed by atoms with Gasteiger partial charge in [-0.3, -0.25) is 0 Å². The van der Waals surface area contributed by atoms with Crippen molar-refractivity contribution < 1.29 is 4.74 Å². The van der Waals surface area contributed by atoms with Crippen molar-refractivity contribution in [3.05, 3.63) is 29.3 Å². The fourth-order valence-corrected chi connectivity index (χ4v) is 2.55. The van der Waals surface area contributed by atoms with E-state index in [0.29, 0.717) is 5.56 Å². The van der Waals surface area contributed by atoms with Gasteiger partial charge in [0.05, 0.1) is 11.7 Å². The molecular formula is C15H19NO. The Kier molecular flexibility index (Phi) is 3.68. The van der Waals surface area contributed by atoms with Gasteiger partial charge in [-0.05, 0) is 43.7 Å². The average Bonchev–Trinajstić information content (AvgIpc) is 2.32. The van der Waals surface area contributed by atoms with E-state index < -0.39 is 0 Å². The van der Waals surface area contributed by atoms with Crippen LogP contribution in [0.15, 0.2) is 18.2 Å². The number of benzene rings is 1. The van der Waals surface area contributed by atoms with Crippen molar-refractivity contribution in [1.29, 1.82) is 5.26 Å². The minimum Gasteiger partial charge on any atom is -0.489 e. The SMILES string of the molecule is Cc1cccc(C#N)c1OC1CCCC(C)C1. The van der Waals surface area contributed by atoms with E-state index in [0.717, 1.165) is 30.1 Å². The number of ether oxygens (including phenoxy) is 1. The van der Waals surface area contributed by atoms with Crippen molar-refractivity contribution in [3.8, 4) is 11.8 Å². The lowest BCUT2D eigenvalue weighted by Gasteiger charge is -2.28. The minimum absolute atomic E-state index is 0.284. The Hall–Kier alpha value is -1.49. The second kappa shape index (κ2) is 5.23. The highest BCUT2D eigenvalue weighted by molar-refractivity contribution is 5.47. The Morgan fingerprint density at radius 1 is 1.35 bits per heavy atom. The summed E-state index contributed by atoms with van der Waals surface area (Å²) in [6, 6.07) is 7.95. The smallest absolute Gasteiger partial charge is 0.140 e. The molecule has 1 fully saturated rings. The summed E-state index contributed by atoms with van der Waals surface area (Å²) in [7, 11) is 0. The maximum atomic E-state index is 9.09. The van der Waals surface area contributed by atoms with E-state index in [1.165, 1.54) is 12.8 Å². The maximum absolute atomic E-state index is 9.09. The van der Waals surface area contributed by atoms with Gasteiger partial charge in [0.25, 0.3) is 0 Å². The third-order valence-electron chi connectivity index (χ3n) is 3.51. The van der Waals surface area contributed by atoms with E-state index in [-0.39, 0.29) is 6.10 Å². The molecular weight excluding hydrogens is 210 g/mol. The first kappa shape index (κ1) is 12.0. The molecule has 2 heteroatoms. The fourth-order valence-electron chi connectivity index (χ4n) is 2.55. The van der Waals surface area contributed by atoms with Crippen LogP contribution in [0.3, 0.4) is 0 Å². The second-order valence-corrected chi connectivity index (χ2v) is 5.08. The number of rotatable bonds is 2. The first-order valence-corrected chi connectivity index (χ1v) is 6.37. The quantitative estimate of drug-likeness (QED) is 0.772. The molecule has 0 spiro atoms. The third kappa shape index (κ3) is 2.79. The number of nitriles is 1. The summed E-state index contributed by atoms with van der Waals surface area (Å²) in [6.45, 7) is 4.28. The molecule has 1 saturated carbocycles. The van der Waals surface area contributed by atoms with Gasteiger partial charge in [0.15, 0.2) is 0 Å². The fraction of sp³-hybridized carbons (Fsp3) is 0.533. The summed E-state index contributed by atoms with van der Waals surface area (Å²) in [5.74, 6) is 1.53. The second-order valence-electron chi connectivity index (χ2n) is 5.08. The summed E-state index contributed by atoms with van der Waals surface area (Å²) < 4.78 is 6.06. The lowest BCUT2D eigenvalue weighted by Crippen LogP contribution is -2.24. The zero-order valence-electron chi connectivity index (χ0n) is 10.6. The summed E-state index contributed by atoms with van der Waals surface area (Å²) in [4.78, 5) is 0. The van der Waals surface area contributed by atoms with Gasteiger partial charge in [0.1, 0.15) is 11.8 Å². The molecule has 2 rings (SSSR count). The Morgan fingerprint density at radius 3 is 2.88 bits per heavy atom. The number of hydrogen-bond acceptors (Lipinski definition) is 2. The van der Waals surface area contributed by atoms with Gasteiger partial charge in [-0.25, -0.2) is 0 Å². The molecule has 0 heterocycles. The highest BCUT2D eigenvalue weighted by Crippen LogP contribution is 2.30. The molecule has 1 aromatic rings. The molecule has 0 N–H and O–H groups in total.